The Kier molecular flexibility index (Phi) is 4.09. The molecule has 0 bridgehead atoms. The lowest BCUT2D eigenvalue weighted by Crippen LogP contribution is -2.60. The first-order valence-electron chi connectivity index (χ1n) is 7.82. The van der Waals surface area contributed by atoms with E-state index in [1.54, 1.807) is 0 Å². The fourth-order valence-corrected chi connectivity index (χ4v) is 3.38. The van der Waals surface area contributed by atoms with Crippen LogP contribution in [0.1, 0.15) is 30.5 Å². The zero-order valence-electron chi connectivity index (χ0n) is 12.7. The minimum Gasteiger partial charge on any atom is -0.330 e. The summed E-state index contributed by atoms with van der Waals surface area (Å²) in [7, 11) is 0. The van der Waals surface area contributed by atoms with Crippen molar-refractivity contribution in [2.45, 2.75) is 19.4 Å². The first kappa shape index (κ1) is 14.3. The van der Waals surface area contributed by atoms with Crippen LogP contribution in [0.5, 0.6) is 0 Å². The van der Waals surface area contributed by atoms with Gasteiger partial charge in [-0.15, -0.1) is 0 Å². The highest BCUT2D eigenvalue weighted by Gasteiger charge is 2.43. The third-order valence-corrected chi connectivity index (χ3v) is 4.86. The van der Waals surface area contributed by atoms with E-state index in [0.29, 0.717) is 11.5 Å². The molecule has 2 heteroatoms. The molecule has 0 saturated carbocycles. The summed E-state index contributed by atoms with van der Waals surface area (Å²) >= 11 is 0. The van der Waals surface area contributed by atoms with E-state index in [-0.39, 0.29) is 0 Å². The number of likely N-dealkylation sites (tertiary alicyclic amines) is 1. The second-order valence-electron chi connectivity index (χ2n) is 6.19. The molecule has 110 valence electrons. The largest absolute Gasteiger partial charge is 0.330 e. The molecule has 2 N–H and O–H groups in total. The minimum absolute atomic E-state index is 0.321. The van der Waals surface area contributed by atoms with Crippen molar-refractivity contribution in [3.8, 4) is 0 Å². The zero-order valence-corrected chi connectivity index (χ0v) is 12.7. The molecule has 2 nitrogen and oxygen atoms in total. The van der Waals surface area contributed by atoms with Gasteiger partial charge in [0, 0.05) is 25.0 Å². The Hall–Kier alpha value is -1.64. The van der Waals surface area contributed by atoms with Gasteiger partial charge in [-0.3, -0.25) is 4.90 Å². The molecule has 0 radical (unpaired) electrons. The van der Waals surface area contributed by atoms with Crippen LogP contribution in [0, 0.1) is 5.41 Å². The Balaban J connectivity index is 1.89. The first-order valence-corrected chi connectivity index (χ1v) is 7.82. The Morgan fingerprint density at radius 2 is 1.43 bits per heavy atom. The van der Waals surface area contributed by atoms with Gasteiger partial charge in [0.1, 0.15) is 0 Å². The lowest BCUT2D eigenvalue weighted by Gasteiger charge is -2.53. The van der Waals surface area contributed by atoms with Crippen molar-refractivity contribution < 1.29 is 0 Å². The van der Waals surface area contributed by atoms with Crippen LogP contribution in [0.15, 0.2) is 60.7 Å². The molecule has 1 heterocycles. The fraction of sp³-hybridized carbons (Fsp3) is 0.368. The van der Waals surface area contributed by atoms with Gasteiger partial charge in [0.2, 0.25) is 0 Å². The average Bonchev–Trinajstić information content (AvgIpc) is 2.52. The summed E-state index contributed by atoms with van der Waals surface area (Å²) in [6, 6.07) is 21.9. The van der Waals surface area contributed by atoms with Crippen molar-refractivity contribution in [1.82, 2.24) is 4.90 Å². The predicted molar refractivity (Wildman–Crippen MR) is 88.1 cm³/mol. The van der Waals surface area contributed by atoms with Gasteiger partial charge < -0.3 is 5.73 Å². The maximum Gasteiger partial charge on any atom is 0.0602 e. The van der Waals surface area contributed by atoms with Gasteiger partial charge >= 0.3 is 0 Å². The molecule has 2 aromatic carbocycles. The summed E-state index contributed by atoms with van der Waals surface area (Å²) in [5.41, 5.74) is 9.05. The maximum absolute atomic E-state index is 5.99. The van der Waals surface area contributed by atoms with E-state index in [1.807, 2.05) is 0 Å². The SMILES string of the molecule is CCC1(CN)CN(C(c2ccccc2)c2ccccc2)C1. The van der Waals surface area contributed by atoms with Gasteiger partial charge in [0.15, 0.2) is 0 Å². The summed E-state index contributed by atoms with van der Waals surface area (Å²) in [6.45, 7) is 5.23. The van der Waals surface area contributed by atoms with Crippen molar-refractivity contribution in [2.24, 2.45) is 11.1 Å². The van der Waals surface area contributed by atoms with E-state index >= 15 is 0 Å². The standard InChI is InChI=1S/C19H24N2/c1-2-19(13-20)14-21(15-19)18(16-9-5-3-6-10-16)17-11-7-4-8-12-17/h3-12,18H,2,13-15,20H2,1H3. The summed E-state index contributed by atoms with van der Waals surface area (Å²) < 4.78 is 0. The molecule has 0 aliphatic carbocycles. The molecule has 2 aromatic rings. The molecule has 1 fully saturated rings. The normalized spacial score (nSPS) is 17.7. The van der Waals surface area contributed by atoms with E-state index in [2.05, 4.69) is 72.5 Å². The van der Waals surface area contributed by atoms with Crippen molar-refractivity contribution in [2.75, 3.05) is 19.6 Å². The van der Waals surface area contributed by atoms with Crippen LogP contribution in [0.2, 0.25) is 0 Å². The van der Waals surface area contributed by atoms with Gasteiger partial charge in [0.25, 0.3) is 0 Å². The van der Waals surface area contributed by atoms with E-state index in [4.69, 9.17) is 5.73 Å². The van der Waals surface area contributed by atoms with Gasteiger partial charge in [0.05, 0.1) is 6.04 Å². The predicted octanol–water partition coefficient (Wildman–Crippen LogP) is 3.45. The van der Waals surface area contributed by atoms with E-state index in [0.717, 1.165) is 26.1 Å². The van der Waals surface area contributed by atoms with Crippen LogP contribution >= 0.6 is 0 Å². The van der Waals surface area contributed by atoms with Crippen molar-refractivity contribution >= 4 is 0 Å². The third-order valence-electron chi connectivity index (χ3n) is 4.86. The highest BCUT2D eigenvalue weighted by molar-refractivity contribution is 5.32. The number of hydrogen-bond donors (Lipinski definition) is 1. The van der Waals surface area contributed by atoms with E-state index in [9.17, 15) is 0 Å². The second kappa shape index (κ2) is 6.00. The summed E-state index contributed by atoms with van der Waals surface area (Å²) in [4.78, 5) is 2.56. The molecular formula is C19H24N2. The van der Waals surface area contributed by atoms with Crippen LogP contribution in [-0.2, 0) is 0 Å². The van der Waals surface area contributed by atoms with Crippen molar-refractivity contribution in [3.63, 3.8) is 0 Å². The summed E-state index contributed by atoms with van der Waals surface area (Å²) in [6.07, 6.45) is 1.16. The Morgan fingerprint density at radius 1 is 0.952 bits per heavy atom. The molecule has 0 unspecified atom stereocenters. The summed E-state index contributed by atoms with van der Waals surface area (Å²) in [5, 5.41) is 0. The molecule has 0 spiro atoms. The number of nitrogens with two attached hydrogens (primary N) is 1. The van der Waals surface area contributed by atoms with Gasteiger partial charge in [-0.2, -0.15) is 0 Å². The van der Waals surface area contributed by atoms with Crippen LogP contribution in [0.4, 0.5) is 0 Å². The molecule has 21 heavy (non-hydrogen) atoms. The number of benzene rings is 2. The third kappa shape index (κ3) is 2.74. The van der Waals surface area contributed by atoms with E-state index in [1.165, 1.54) is 11.1 Å². The minimum atomic E-state index is 0.321. The van der Waals surface area contributed by atoms with Gasteiger partial charge in [-0.25, -0.2) is 0 Å². The quantitative estimate of drug-likeness (QED) is 0.909. The van der Waals surface area contributed by atoms with Crippen molar-refractivity contribution in [1.29, 1.82) is 0 Å². The molecule has 0 amide bonds. The van der Waals surface area contributed by atoms with Gasteiger partial charge in [-0.1, -0.05) is 67.6 Å². The van der Waals surface area contributed by atoms with Crippen LogP contribution in [-0.4, -0.2) is 24.5 Å². The van der Waals surface area contributed by atoms with Crippen LogP contribution in [0.3, 0.4) is 0 Å². The highest BCUT2D eigenvalue weighted by Crippen LogP contribution is 2.41. The highest BCUT2D eigenvalue weighted by atomic mass is 15.2. The lowest BCUT2D eigenvalue weighted by molar-refractivity contribution is -0.0178. The molecule has 1 saturated heterocycles. The fourth-order valence-electron chi connectivity index (χ4n) is 3.38. The Bertz CT molecular complexity index is 513. The topological polar surface area (TPSA) is 29.3 Å². The molecule has 1 aliphatic rings. The molecule has 3 rings (SSSR count). The Morgan fingerprint density at radius 3 is 1.81 bits per heavy atom. The zero-order chi connectivity index (χ0) is 14.7. The monoisotopic (exact) mass is 280 g/mol. The van der Waals surface area contributed by atoms with Crippen molar-refractivity contribution in [3.05, 3.63) is 71.8 Å². The smallest absolute Gasteiger partial charge is 0.0602 e. The molecule has 0 aromatic heterocycles. The lowest BCUT2D eigenvalue weighted by atomic mass is 9.75. The Labute approximate surface area is 127 Å². The van der Waals surface area contributed by atoms with Crippen LogP contribution < -0.4 is 5.73 Å². The number of hydrogen-bond acceptors (Lipinski definition) is 2. The molecule has 0 atom stereocenters. The number of rotatable bonds is 5. The second-order valence-corrected chi connectivity index (χ2v) is 6.19. The number of nitrogens with zero attached hydrogens (tertiary/aromatic N) is 1. The first-order chi connectivity index (χ1) is 10.3. The molecule has 1 aliphatic heterocycles. The summed E-state index contributed by atoms with van der Waals surface area (Å²) in [5.74, 6) is 0. The molecular weight excluding hydrogens is 256 g/mol. The van der Waals surface area contributed by atoms with E-state index < -0.39 is 0 Å². The average molecular weight is 280 g/mol. The van der Waals surface area contributed by atoms with Crippen LogP contribution in [0.25, 0.3) is 0 Å². The van der Waals surface area contributed by atoms with Gasteiger partial charge in [-0.05, 0) is 17.5 Å². The maximum atomic E-state index is 5.99.